The Morgan fingerprint density at radius 1 is 1.32 bits per heavy atom. The van der Waals surface area contributed by atoms with Crippen LogP contribution < -0.4 is 0 Å². The Kier molecular flexibility index (Phi) is 4.28. The Morgan fingerprint density at radius 2 is 2.00 bits per heavy atom. The molecule has 1 aliphatic heterocycles. The second-order valence-corrected chi connectivity index (χ2v) is 6.93. The lowest BCUT2D eigenvalue weighted by atomic mass is 10.0. The largest absolute Gasteiger partial charge is 0.298 e. The number of hydrogen-bond donors (Lipinski definition) is 0. The van der Waals surface area contributed by atoms with Crippen LogP contribution in [0.15, 0.2) is 29.2 Å². The highest BCUT2D eigenvalue weighted by Gasteiger charge is 2.36. The number of sulfonamides is 1. The van der Waals surface area contributed by atoms with E-state index in [1.807, 2.05) is 0 Å². The Bertz CT molecular complexity index is 585. The van der Waals surface area contributed by atoms with Crippen molar-refractivity contribution in [2.24, 2.45) is 0 Å². The molecule has 1 unspecified atom stereocenters. The van der Waals surface area contributed by atoms with Gasteiger partial charge in [0.05, 0.1) is 11.1 Å². The van der Waals surface area contributed by atoms with Crippen LogP contribution in [0.1, 0.15) is 26.2 Å². The fourth-order valence-corrected chi connectivity index (χ4v) is 4.58. The Morgan fingerprint density at radius 3 is 2.63 bits per heavy atom. The van der Waals surface area contributed by atoms with Gasteiger partial charge in [0.15, 0.2) is 0 Å². The van der Waals surface area contributed by atoms with E-state index in [4.69, 9.17) is 11.6 Å². The van der Waals surface area contributed by atoms with Crippen molar-refractivity contribution in [3.63, 3.8) is 0 Å². The van der Waals surface area contributed by atoms with E-state index in [2.05, 4.69) is 0 Å². The summed E-state index contributed by atoms with van der Waals surface area (Å²) in [7, 11) is -3.71. The van der Waals surface area contributed by atoms with Crippen LogP contribution in [0.5, 0.6) is 0 Å². The Balaban J connectivity index is 2.43. The van der Waals surface area contributed by atoms with E-state index in [0.29, 0.717) is 13.0 Å². The van der Waals surface area contributed by atoms with E-state index in [1.54, 1.807) is 18.2 Å². The quantitative estimate of drug-likeness (QED) is 0.862. The molecule has 1 heterocycles. The lowest BCUT2D eigenvalue weighted by Crippen LogP contribution is -2.47. The minimum Gasteiger partial charge on any atom is -0.298 e. The van der Waals surface area contributed by atoms with E-state index in [1.165, 1.54) is 17.3 Å². The van der Waals surface area contributed by atoms with Gasteiger partial charge in [-0.15, -0.1) is 0 Å². The molecule has 1 aromatic carbocycles. The highest BCUT2D eigenvalue weighted by molar-refractivity contribution is 7.89. The summed E-state index contributed by atoms with van der Waals surface area (Å²) in [5.41, 5.74) is 0. The maximum Gasteiger partial charge on any atom is 0.245 e. The van der Waals surface area contributed by atoms with Gasteiger partial charge in [-0.3, -0.25) is 4.79 Å². The van der Waals surface area contributed by atoms with Gasteiger partial charge < -0.3 is 0 Å². The van der Waals surface area contributed by atoms with E-state index in [-0.39, 0.29) is 15.7 Å². The molecule has 2 rings (SSSR count). The van der Waals surface area contributed by atoms with Crippen LogP contribution in [0.4, 0.5) is 0 Å². The summed E-state index contributed by atoms with van der Waals surface area (Å²) in [4.78, 5) is 11.7. The van der Waals surface area contributed by atoms with Gasteiger partial charge in [-0.2, -0.15) is 4.31 Å². The maximum atomic E-state index is 12.6. The standard InChI is InChI=1S/C13H16ClNO3S/c1-10(16)12-7-4-5-9-15(12)19(17,18)13-8-3-2-6-11(13)14/h2-3,6,8,12H,4-5,7,9H2,1H3. The molecule has 0 aliphatic carbocycles. The monoisotopic (exact) mass is 301 g/mol. The molecule has 0 N–H and O–H groups in total. The molecular weight excluding hydrogens is 286 g/mol. The highest BCUT2D eigenvalue weighted by Crippen LogP contribution is 2.29. The number of rotatable bonds is 3. The zero-order chi connectivity index (χ0) is 14.0. The molecule has 0 aromatic heterocycles. The first-order valence-electron chi connectivity index (χ1n) is 6.21. The molecule has 104 valence electrons. The number of piperidine rings is 1. The fraction of sp³-hybridized carbons (Fsp3) is 0.462. The first-order valence-corrected chi connectivity index (χ1v) is 8.03. The van der Waals surface area contributed by atoms with Gasteiger partial charge in [0.1, 0.15) is 10.7 Å². The molecular formula is C13H16ClNO3S. The SMILES string of the molecule is CC(=O)C1CCCCN1S(=O)(=O)c1ccccc1Cl. The lowest BCUT2D eigenvalue weighted by Gasteiger charge is -2.33. The zero-order valence-electron chi connectivity index (χ0n) is 10.7. The summed E-state index contributed by atoms with van der Waals surface area (Å²) in [6, 6.07) is 5.77. The number of carbonyl (C=O) groups is 1. The highest BCUT2D eigenvalue weighted by atomic mass is 35.5. The van der Waals surface area contributed by atoms with Crippen molar-refractivity contribution in [3.05, 3.63) is 29.3 Å². The van der Waals surface area contributed by atoms with E-state index < -0.39 is 16.1 Å². The van der Waals surface area contributed by atoms with Crippen LogP contribution in [-0.2, 0) is 14.8 Å². The number of halogens is 1. The van der Waals surface area contributed by atoms with Crippen LogP contribution >= 0.6 is 11.6 Å². The van der Waals surface area contributed by atoms with Crippen LogP contribution in [0.25, 0.3) is 0 Å². The first kappa shape index (κ1) is 14.5. The number of benzene rings is 1. The molecule has 0 bridgehead atoms. The summed E-state index contributed by atoms with van der Waals surface area (Å²) in [5, 5.41) is 0.190. The van der Waals surface area contributed by atoms with Crippen molar-refractivity contribution in [3.8, 4) is 0 Å². The molecule has 1 atom stereocenters. The molecule has 0 spiro atoms. The molecule has 0 radical (unpaired) electrons. The third-order valence-corrected chi connectivity index (χ3v) is 5.75. The fourth-order valence-electron chi connectivity index (χ4n) is 2.38. The van der Waals surface area contributed by atoms with Crippen molar-refractivity contribution in [1.82, 2.24) is 4.31 Å². The second-order valence-electron chi connectivity index (χ2n) is 4.67. The topological polar surface area (TPSA) is 54.5 Å². The number of ketones is 1. The third kappa shape index (κ3) is 2.83. The van der Waals surface area contributed by atoms with Gasteiger partial charge in [0, 0.05) is 6.54 Å². The molecule has 1 aromatic rings. The van der Waals surface area contributed by atoms with Crippen LogP contribution in [0.3, 0.4) is 0 Å². The summed E-state index contributed by atoms with van der Waals surface area (Å²) in [6.07, 6.45) is 2.23. The van der Waals surface area contributed by atoms with Gasteiger partial charge in [-0.1, -0.05) is 30.2 Å². The van der Waals surface area contributed by atoms with Gasteiger partial charge in [0.2, 0.25) is 10.0 Å². The van der Waals surface area contributed by atoms with Gasteiger partial charge in [0.25, 0.3) is 0 Å². The average molecular weight is 302 g/mol. The smallest absolute Gasteiger partial charge is 0.245 e. The Hall–Kier alpha value is -0.910. The van der Waals surface area contributed by atoms with Crippen LogP contribution in [-0.4, -0.2) is 31.1 Å². The van der Waals surface area contributed by atoms with Crippen LogP contribution in [0.2, 0.25) is 5.02 Å². The van der Waals surface area contributed by atoms with E-state index >= 15 is 0 Å². The molecule has 1 saturated heterocycles. The molecule has 1 fully saturated rings. The minimum atomic E-state index is -3.71. The van der Waals surface area contributed by atoms with Gasteiger partial charge in [-0.25, -0.2) is 8.42 Å². The average Bonchev–Trinajstić information content (AvgIpc) is 2.39. The number of nitrogens with zero attached hydrogens (tertiary/aromatic N) is 1. The molecule has 0 amide bonds. The van der Waals surface area contributed by atoms with Crippen molar-refractivity contribution in [2.75, 3.05) is 6.54 Å². The normalized spacial score (nSPS) is 21.3. The van der Waals surface area contributed by atoms with Crippen molar-refractivity contribution in [1.29, 1.82) is 0 Å². The first-order chi connectivity index (χ1) is 8.94. The van der Waals surface area contributed by atoms with Gasteiger partial charge >= 0.3 is 0 Å². The van der Waals surface area contributed by atoms with Crippen molar-refractivity contribution < 1.29 is 13.2 Å². The Labute approximate surface area is 118 Å². The molecule has 19 heavy (non-hydrogen) atoms. The molecule has 4 nitrogen and oxygen atoms in total. The number of carbonyl (C=O) groups excluding carboxylic acids is 1. The third-order valence-electron chi connectivity index (χ3n) is 3.35. The lowest BCUT2D eigenvalue weighted by molar-refractivity contribution is -0.121. The molecule has 1 aliphatic rings. The predicted molar refractivity (Wildman–Crippen MR) is 73.7 cm³/mol. The molecule has 6 heteroatoms. The predicted octanol–water partition coefficient (Wildman–Crippen LogP) is 2.47. The maximum absolute atomic E-state index is 12.6. The number of Topliss-reactive ketones (excluding diaryl/α,β-unsaturated/α-hetero) is 1. The zero-order valence-corrected chi connectivity index (χ0v) is 12.2. The summed E-state index contributed by atoms with van der Waals surface area (Å²) >= 11 is 5.96. The summed E-state index contributed by atoms with van der Waals surface area (Å²) in [6.45, 7) is 1.81. The second kappa shape index (κ2) is 5.61. The van der Waals surface area contributed by atoms with E-state index in [9.17, 15) is 13.2 Å². The van der Waals surface area contributed by atoms with Gasteiger partial charge in [-0.05, 0) is 31.9 Å². The van der Waals surface area contributed by atoms with E-state index in [0.717, 1.165) is 12.8 Å². The number of hydrogen-bond acceptors (Lipinski definition) is 3. The van der Waals surface area contributed by atoms with Crippen LogP contribution in [0, 0.1) is 0 Å². The van der Waals surface area contributed by atoms with Crippen molar-refractivity contribution in [2.45, 2.75) is 37.1 Å². The van der Waals surface area contributed by atoms with Crippen molar-refractivity contribution >= 4 is 27.4 Å². The summed E-state index contributed by atoms with van der Waals surface area (Å²) in [5.74, 6) is -0.115. The summed E-state index contributed by atoms with van der Waals surface area (Å²) < 4.78 is 26.5. The minimum absolute atomic E-state index is 0.0739. The molecule has 0 saturated carbocycles.